The molecule has 4 aromatic rings. The Morgan fingerprint density at radius 3 is 1.30 bits per heavy atom. The van der Waals surface area contributed by atoms with Gasteiger partial charge in [0.05, 0.1) is 0 Å². The first kappa shape index (κ1) is 31.9. The summed E-state index contributed by atoms with van der Waals surface area (Å²) in [7, 11) is 1.08. The first-order valence-electron chi connectivity index (χ1n) is 10.1. The van der Waals surface area contributed by atoms with Gasteiger partial charge in [0.25, 0.3) is 0 Å². The summed E-state index contributed by atoms with van der Waals surface area (Å²) in [5, 5.41) is 5.50. The van der Waals surface area contributed by atoms with Crippen molar-refractivity contribution in [1.82, 2.24) is 0 Å². The van der Waals surface area contributed by atoms with Crippen LogP contribution in [0.25, 0.3) is 21.5 Å². The van der Waals surface area contributed by atoms with E-state index in [0.29, 0.717) is 0 Å². The summed E-state index contributed by atoms with van der Waals surface area (Å²) in [5.41, 5.74) is 2.94. The van der Waals surface area contributed by atoms with Crippen LogP contribution in [0.1, 0.15) is 37.8 Å². The molecule has 4 rings (SSSR count). The van der Waals surface area contributed by atoms with Crippen LogP contribution < -0.4 is 34.0 Å². The molecule has 158 valence electrons. The molecule has 4 aromatic carbocycles. The summed E-state index contributed by atoms with van der Waals surface area (Å²) in [6.45, 7) is 8.75. The molecule has 30 heavy (non-hydrogen) atoms. The van der Waals surface area contributed by atoms with Gasteiger partial charge in [0.2, 0.25) is 0 Å². The topological polar surface area (TPSA) is 0 Å². The van der Waals surface area contributed by atoms with Gasteiger partial charge in [-0.05, 0) is 12.8 Å². The van der Waals surface area contributed by atoms with E-state index in [-0.39, 0.29) is 60.2 Å². The van der Waals surface area contributed by atoms with Crippen LogP contribution in [-0.4, -0.2) is 9.52 Å². The summed E-state index contributed by atoms with van der Waals surface area (Å²) >= 11 is 0. The number of aryl methyl sites for hydroxylation is 2. The van der Waals surface area contributed by atoms with E-state index in [1.807, 2.05) is 0 Å². The van der Waals surface area contributed by atoms with E-state index in [9.17, 15) is 0 Å². The van der Waals surface area contributed by atoms with Crippen molar-refractivity contribution in [3.8, 4) is 0 Å². The van der Waals surface area contributed by atoms with Crippen LogP contribution in [0, 0.1) is 0 Å². The van der Waals surface area contributed by atoms with Crippen LogP contribution >= 0.6 is 0 Å². The van der Waals surface area contributed by atoms with Gasteiger partial charge in [-0.15, -0.1) is 81.2 Å². The molecule has 0 aromatic heterocycles. The van der Waals surface area contributed by atoms with Gasteiger partial charge in [-0.1, -0.05) is 51.9 Å². The van der Waals surface area contributed by atoms with E-state index in [1.165, 1.54) is 58.4 Å². The monoisotopic (exact) mass is 620 g/mol. The number of hydrogen-bond acceptors (Lipinski definition) is 0. The molecule has 0 fully saturated rings. The Kier molecular flexibility index (Phi) is 19.5. The SMILES string of the molecule is CCCc1cc2ccccc2[cH-]1.CCCc1cc2ccccc2[cH-]1.C[Si]C.[Br-].[Br-].[Zr+4]. The maximum absolute atomic E-state index is 2.29. The minimum atomic E-state index is 0. The van der Waals surface area contributed by atoms with Gasteiger partial charge in [0.15, 0.2) is 0 Å². The second-order valence-corrected chi connectivity index (χ2v) is 7.99. The van der Waals surface area contributed by atoms with E-state index in [0.717, 1.165) is 9.52 Å². The third kappa shape index (κ3) is 10.4. The molecule has 0 saturated heterocycles. The third-order valence-corrected chi connectivity index (χ3v) is 4.43. The number of halogens is 2. The molecular weight excluding hydrogens is 591 g/mol. The molecule has 0 heterocycles. The Bertz CT molecular complexity index is 785. The minimum Gasteiger partial charge on any atom is -1.00 e. The van der Waals surface area contributed by atoms with Gasteiger partial charge < -0.3 is 34.0 Å². The van der Waals surface area contributed by atoms with Crippen molar-refractivity contribution in [3.05, 3.63) is 83.9 Å². The zero-order valence-electron chi connectivity index (χ0n) is 18.5. The van der Waals surface area contributed by atoms with Crippen molar-refractivity contribution < 1.29 is 60.2 Å². The van der Waals surface area contributed by atoms with Crippen LogP contribution in [0.2, 0.25) is 13.1 Å². The normalized spacial score (nSPS) is 9.20. The maximum atomic E-state index is 2.29. The average molecular weight is 624 g/mol. The predicted octanol–water partition coefficient (Wildman–Crippen LogP) is 1.81. The van der Waals surface area contributed by atoms with Crippen molar-refractivity contribution in [2.24, 2.45) is 0 Å². The summed E-state index contributed by atoms with van der Waals surface area (Å²) in [5.74, 6) is 0. The van der Waals surface area contributed by atoms with Crippen molar-refractivity contribution in [3.63, 3.8) is 0 Å². The zero-order chi connectivity index (χ0) is 19.5. The van der Waals surface area contributed by atoms with E-state index in [1.54, 1.807) is 0 Å². The molecular formula is C26H32Br2SiZr. The fourth-order valence-electron chi connectivity index (χ4n) is 3.30. The number of benzene rings is 2. The second-order valence-electron chi connectivity index (χ2n) is 6.99. The first-order valence-corrected chi connectivity index (χ1v) is 12.1. The number of hydrogen-bond donors (Lipinski definition) is 0. The second kappa shape index (κ2) is 18.3. The molecule has 0 aliphatic carbocycles. The van der Waals surface area contributed by atoms with E-state index in [4.69, 9.17) is 0 Å². The van der Waals surface area contributed by atoms with Crippen molar-refractivity contribution in [2.45, 2.75) is 52.6 Å². The Balaban J connectivity index is 0. The molecule has 0 nitrogen and oxygen atoms in total. The number of rotatable bonds is 4. The molecule has 0 saturated carbocycles. The minimum absolute atomic E-state index is 0. The summed E-state index contributed by atoms with van der Waals surface area (Å²) in [6, 6.07) is 26.2. The summed E-state index contributed by atoms with van der Waals surface area (Å²) in [4.78, 5) is 0. The van der Waals surface area contributed by atoms with Crippen LogP contribution in [-0.2, 0) is 39.0 Å². The first-order chi connectivity index (χ1) is 13.2. The van der Waals surface area contributed by atoms with E-state index < -0.39 is 0 Å². The zero-order valence-corrected chi connectivity index (χ0v) is 25.1. The standard InChI is InChI=1S/2C12H13.C2H6Si.2BrH.Zr/c2*1-2-5-10-8-11-6-3-4-7-12(11)9-10;1-3-2;;;/h2*3-4,6-9H,2,5H2,1H3;1-2H3;2*1H;/q2*-1;;;;+4/p-2. The molecule has 2 radical (unpaired) electrons. The van der Waals surface area contributed by atoms with Gasteiger partial charge >= 0.3 is 26.2 Å². The van der Waals surface area contributed by atoms with E-state index in [2.05, 4.69) is 99.7 Å². The van der Waals surface area contributed by atoms with Gasteiger partial charge in [0.1, 0.15) is 0 Å². The molecule has 4 heteroatoms. The summed E-state index contributed by atoms with van der Waals surface area (Å²) in [6.07, 6.45) is 4.87. The molecule has 0 aliphatic rings. The van der Waals surface area contributed by atoms with Crippen molar-refractivity contribution >= 4 is 31.1 Å². The van der Waals surface area contributed by atoms with Gasteiger partial charge in [-0.25, -0.2) is 0 Å². The fourth-order valence-corrected chi connectivity index (χ4v) is 3.30. The molecule has 0 unspecified atom stereocenters. The Morgan fingerprint density at radius 1 is 0.667 bits per heavy atom. The van der Waals surface area contributed by atoms with Crippen molar-refractivity contribution in [2.75, 3.05) is 0 Å². The third-order valence-electron chi connectivity index (χ3n) is 4.43. The Morgan fingerprint density at radius 2 is 1.00 bits per heavy atom. The summed E-state index contributed by atoms with van der Waals surface area (Å²) < 4.78 is 0. The molecule has 0 bridgehead atoms. The Hall–Kier alpha value is -0.280. The molecule has 0 atom stereocenters. The number of fused-ring (bicyclic) bond motifs is 2. The predicted molar refractivity (Wildman–Crippen MR) is 125 cm³/mol. The largest absolute Gasteiger partial charge is 4.00 e. The molecule has 0 amide bonds. The van der Waals surface area contributed by atoms with Gasteiger partial charge in [0, 0.05) is 9.52 Å². The van der Waals surface area contributed by atoms with Gasteiger partial charge in [-0.3, -0.25) is 0 Å². The van der Waals surface area contributed by atoms with Crippen LogP contribution in [0.4, 0.5) is 0 Å². The maximum Gasteiger partial charge on any atom is 4.00 e. The van der Waals surface area contributed by atoms with Gasteiger partial charge in [-0.2, -0.15) is 12.1 Å². The van der Waals surface area contributed by atoms with Crippen molar-refractivity contribution in [1.29, 1.82) is 0 Å². The van der Waals surface area contributed by atoms with Crippen LogP contribution in [0.15, 0.2) is 72.8 Å². The van der Waals surface area contributed by atoms with E-state index >= 15 is 0 Å². The Labute approximate surface area is 226 Å². The molecule has 0 aliphatic heterocycles. The fraction of sp³-hybridized carbons (Fsp3) is 0.308. The molecule has 0 spiro atoms. The van der Waals surface area contributed by atoms with Crippen LogP contribution in [0.3, 0.4) is 0 Å². The quantitative estimate of drug-likeness (QED) is 0.241. The molecule has 0 N–H and O–H groups in total. The smallest absolute Gasteiger partial charge is 1.00 e. The van der Waals surface area contributed by atoms with Crippen LogP contribution in [0.5, 0.6) is 0 Å². The average Bonchev–Trinajstić information content (AvgIpc) is 3.26.